The van der Waals surface area contributed by atoms with E-state index in [-0.39, 0.29) is 27.1 Å². The Morgan fingerprint density at radius 2 is 1.62 bits per heavy atom. The van der Waals surface area contributed by atoms with Crippen molar-refractivity contribution >= 4 is 9.52 Å². The molecule has 1 aromatic rings. The number of benzene rings is 1. The van der Waals surface area contributed by atoms with Gasteiger partial charge in [-0.1, -0.05) is 78.3 Å². The molecule has 1 aliphatic rings. The van der Waals surface area contributed by atoms with Gasteiger partial charge >= 0.3 is 0 Å². The maximum Gasteiger partial charge on any atom is 0.119 e. The minimum Gasteiger partial charge on any atom is -0.497 e. The van der Waals surface area contributed by atoms with Crippen LogP contribution in [0.1, 0.15) is 54.9 Å². The van der Waals surface area contributed by atoms with Crippen molar-refractivity contribution in [1.29, 1.82) is 0 Å². The van der Waals surface area contributed by atoms with E-state index in [1.807, 2.05) is 43.3 Å². The van der Waals surface area contributed by atoms with Gasteiger partial charge < -0.3 is 9.47 Å². The van der Waals surface area contributed by atoms with Gasteiger partial charge in [0.25, 0.3) is 0 Å². The van der Waals surface area contributed by atoms with E-state index in [2.05, 4.69) is 78.9 Å². The number of hydrogen-bond acceptors (Lipinski definition) is 2. The van der Waals surface area contributed by atoms with Gasteiger partial charge in [-0.2, -0.15) is 11.6 Å². The zero-order chi connectivity index (χ0) is 23.9. The topological polar surface area (TPSA) is 18.5 Å². The Hall–Kier alpha value is -1.29. The zero-order valence-corrected chi connectivity index (χ0v) is 24.7. The molecule has 1 aliphatic carbocycles. The SMILES string of the molecule is CC(C)(C)C1=CC[C-]=C1.CC=C(C=C(COc1ccccc1)C(C)(C)C)OC.C[SiH]C.[Ti]. The molecule has 0 spiro atoms. The summed E-state index contributed by atoms with van der Waals surface area (Å²) in [5.74, 6) is 1.75. The molecule has 0 N–H and O–H groups in total. The van der Waals surface area contributed by atoms with E-state index in [0.29, 0.717) is 12.0 Å². The summed E-state index contributed by atoms with van der Waals surface area (Å²) in [4.78, 5) is 0. The van der Waals surface area contributed by atoms with Gasteiger partial charge in [0.05, 0.1) is 7.11 Å². The van der Waals surface area contributed by atoms with Crippen LogP contribution in [-0.4, -0.2) is 23.2 Å². The molecule has 1 radical (unpaired) electrons. The largest absolute Gasteiger partial charge is 0.497 e. The molecule has 32 heavy (non-hydrogen) atoms. The first-order chi connectivity index (χ1) is 14.5. The van der Waals surface area contributed by atoms with Crippen LogP contribution in [0.2, 0.25) is 13.1 Å². The van der Waals surface area contributed by atoms with Crippen LogP contribution in [-0.2, 0) is 26.5 Å². The van der Waals surface area contributed by atoms with Gasteiger partial charge in [-0.25, -0.2) is 6.08 Å². The number of methoxy groups -OCH3 is 1. The van der Waals surface area contributed by atoms with Crippen molar-refractivity contribution in [2.75, 3.05) is 13.7 Å². The zero-order valence-electron chi connectivity index (χ0n) is 22.0. The molecular formula is C28H44O2SiTi-. The van der Waals surface area contributed by atoms with Crippen molar-refractivity contribution in [3.8, 4) is 5.75 Å². The van der Waals surface area contributed by atoms with Gasteiger partial charge in [-0.15, -0.1) is 6.42 Å². The van der Waals surface area contributed by atoms with E-state index in [0.717, 1.165) is 27.4 Å². The number of ether oxygens (including phenoxy) is 2. The van der Waals surface area contributed by atoms with E-state index in [1.165, 1.54) is 11.1 Å². The van der Waals surface area contributed by atoms with Gasteiger partial charge in [-0.3, -0.25) is 6.08 Å². The van der Waals surface area contributed by atoms with Crippen LogP contribution in [0.15, 0.2) is 71.5 Å². The van der Waals surface area contributed by atoms with E-state index in [1.54, 1.807) is 7.11 Å². The summed E-state index contributed by atoms with van der Waals surface area (Å²) >= 11 is 0. The van der Waals surface area contributed by atoms with Gasteiger partial charge in [0.15, 0.2) is 0 Å². The molecule has 0 aromatic heterocycles. The molecule has 0 bridgehead atoms. The van der Waals surface area contributed by atoms with Crippen LogP contribution in [0.4, 0.5) is 0 Å². The molecule has 0 saturated heterocycles. The Labute approximate surface area is 216 Å². The molecule has 2 nitrogen and oxygen atoms in total. The summed E-state index contributed by atoms with van der Waals surface area (Å²) in [7, 11) is 2.43. The predicted octanol–water partition coefficient (Wildman–Crippen LogP) is 7.83. The third kappa shape index (κ3) is 14.7. The quantitative estimate of drug-likeness (QED) is 0.182. The van der Waals surface area contributed by atoms with E-state index in [9.17, 15) is 0 Å². The molecule has 0 atom stereocenters. The Balaban J connectivity index is 0. The fourth-order valence-electron chi connectivity index (χ4n) is 2.50. The van der Waals surface area contributed by atoms with Crippen molar-refractivity contribution in [2.45, 2.75) is 68.0 Å². The second kappa shape index (κ2) is 17.2. The Morgan fingerprint density at radius 3 is 1.97 bits per heavy atom. The van der Waals surface area contributed by atoms with Gasteiger partial charge in [0, 0.05) is 31.2 Å². The van der Waals surface area contributed by atoms with Crippen molar-refractivity contribution in [3.05, 3.63) is 77.6 Å². The van der Waals surface area contributed by atoms with Crippen LogP contribution in [0.3, 0.4) is 0 Å². The summed E-state index contributed by atoms with van der Waals surface area (Å²) in [5, 5.41) is 0. The Kier molecular flexibility index (Phi) is 17.7. The normalized spacial score (nSPS) is 13.6. The first-order valence-corrected chi connectivity index (χ1v) is 13.4. The van der Waals surface area contributed by atoms with Crippen LogP contribution < -0.4 is 4.74 Å². The maximum atomic E-state index is 5.83. The third-order valence-electron chi connectivity index (χ3n) is 4.50. The molecule has 1 aromatic carbocycles. The van der Waals surface area contributed by atoms with Gasteiger partial charge in [-0.05, 0) is 42.2 Å². The van der Waals surface area contributed by atoms with E-state index < -0.39 is 0 Å². The molecule has 0 aliphatic heterocycles. The number of hydrogen-bond donors (Lipinski definition) is 0. The van der Waals surface area contributed by atoms with Crippen LogP contribution in [0, 0.1) is 16.9 Å². The Bertz CT molecular complexity index is 733. The fraction of sp³-hybridized carbons (Fsp3) is 0.500. The van der Waals surface area contributed by atoms with Crippen molar-refractivity contribution < 1.29 is 31.2 Å². The maximum absolute atomic E-state index is 5.83. The standard InChI is InChI=1S/C17H24O2.C9H13.C2H7Si.Ti/c1-6-15(18-5)12-14(17(2,3)4)13-19-16-10-8-7-9-11-16;1-9(2,3)8-6-4-5-7-8;1-3-2;/h6-12H,13H2,1-5H3;6-7H,4H2,1-3H3;3H,1-2H3;/q;-1;;. The first-order valence-electron chi connectivity index (χ1n) is 11.1. The predicted molar refractivity (Wildman–Crippen MR) is 139 cm³/mol. The molecular weight excluding hydrogens is 444 g/mol. The van der Waals surface area contributed by atoms with Crippen LogP contribution >= 0.6 is 0 Å². The molecule has 0 fully saturated rings. The molecule has 177 valence electrons. The second-order valence-electron chi connectivity index (χ2n) is 9.46. The number of para-hydroxylation sites is 1. The minimum absolute atomic E-state index is 0. The van der Waals surface area contributed by atoms with Gasteiger partial charge in [0.1, 0.15) is 18.1 Å². The second-order valence-corrected chi connectivity index (χ2v) is 10.6. The monoisotopic (exact) mass is 488 g/mol. The van der Waals surface area contributed by atoms with Crippen molar-refractivity contribution in [1.82, 2.24) is 0 Å². The summed E-state index contributed by atoms with van der Waals surface area (Å²) < 4.78 is 11.1. The molecule has 0 unspecified atom stereocenters. The summed E-state index contributed by atoms with van der Waals surface area (Å²) in [6.45, 7) is 20.2. The van der Waals surface area contributed by atoms with E-state index >= 15 is 0 Å². The Morgan fingerprint density at radius 1 is 1.06 bits per heavy atom. The number of rotatable bonds is 5. The average molecular weight is 489 g/mol. The summed E-state index contributed by atoms with van der Waals surface area (Å²) in [6.07, 6.45) is 12.5. The minimum atomic E-state index is 0. The molecule has 0 heterocycles. The molecule has 0 amide bonds. The fourth-order valence-corrected chi connectivity index (χ4v) is 2.50. The third-order valence-corrected chi connectivity index (χ3v) is 4.50. The average Bonchev–Trinajstić information content (AvgIpc) is 3.25. The molecule has 0 saturated carbocycles. The van der Waals surface area contributed by atoms with Crippen molar-refractivity contribution in [2.24, 2.45) is 10.8 Å². The van der Waals surface area contributed by atoms with Crippen molar-refractivity contribution in [3.63, 3.8) is 0 Å². The number of allylic oxidation sites excluding steroid dienone is 6. The van der Waals surface area contributed by atoms with E-state index in [4.69, 9.17) is 9.47 Å². The molecule has 4 heteroatoms. The van der Waals surface area contributed by atoms with Gasteiger partial charge in [0.2, 0.25) is 0 Å². The first kappa shape index (κ1) is 32.9. The van der Waals surface area contributed by atoms with Crippen LogP contribution in [0.5, 0.6) is 5.75 Å². The summed E-state index contributed by atoms with van der Waals surface area (Å²) in [6, 6.07) is 9.86. The van der Waals surface area contributed by atoms with Crippen LogP contribution in [0.25, 0.3) is 0 Å². The smallest absolute Gasteiger partial charge is 0.119 e. The molecule has 2 rings (SSSR count). The summed E-state index contributed by atoms with van der Waals surface area (Å²) in [5.41, 5.74) is 2.99.